The number of nitrogens with zero attached hydrogens (tertiary/aromatic N) is 1. The Morgan fingerprint density at radius 2 is 1.64 bits per heavy atom. The van der Waals surface area contributed by atoms with Gasteiger partial charge in [0.1, 0.15) is 0 Å². The molecule has 0 heterocycles. The van der Waals surface area contributed by atoms with E-state index in [9.17, 15) is 18.0 Å². The summed E-state index contributed by atoms with van der Waals surface area (Å²) in [5.74, 6) is -0.0254. The molecule has 0 amide bonds. The lowest BCUT2D eigenvalue weighted by Gasteiger charge is -2.09. The third kappa shape index (κ3) is 7.38. The van der Waals surface area contributed by atoms with Crippen LogP contribution in [0.2, 0.25) is 0 Å². The van der Waals surface area contributed by atoms with E-state index >= 15 is 0 Å². The minimum Gasteiger partial charge on any atom is -0.295 e. The van der Waals surface area contributed by atoms with Crippen molar-refractivity contribution in [1.29, 1.82) is 0 Å². The summed E-state index contributed by atoms with van der Waals surface area (Å²) < 4.78 is 38.1. The molecular weight excluding hydrogens is 291 g/mol. The van der Waals surface area contributed by atoms with Gasteiger partial charge in [-0.15, -0.1) is 0 Å². The summed E-state index contributed by atoms with van der Waals surface area (Å²) >= 11 is 0. The van der Waals surface area contributed by atoms with Gasteiger partial charge in [0.2, 0.25) is 0 Å². The average Bonchev–Trinajstić information content (AvgIpc) is 2.42. The van der Waals surface area contributed by atoms with Gasteiger partial charge in [0.15, 0.2) is 5.78 Å². The van der Waals surface area contributed by atoms with Crippen LogP contribution in [0.3, 0.4) is 0 Å². The fourth-order valence-electron chi connectivity index (χ4n) is 1.85. The maximum atomic E-state index is 12.7. The Kier molecular flexibility index (Phi) is 9.38. The monoisotopic (exact) mass is 315 g/mol. The lowest BCUT2D eigenvalue weighted by Crippen LogP contribution is -2.12. The van der Waals surface area contributed by atoms with Crippen molar-refractivity contribution in [1.82, 2.24) is 0 Å². The first kappa shape index (κ1) is 20.3. The number of allylic oxidation sites excluding steroid dienone is 5. The standard InChI is InChI=1S/C17H24F3NO/c1-5-9-13(11-15(22)10-6-2)16(8-4)21-12-14(7-3)17(18,19)20/h7-8,11-12H,5-6,9-10H2,1-4H3/b13-11+,14-7+,16-8-,21-12+. The first-order valence-corrected chi connectivity index (χ1v) is 7.47. The van der Waals surface area contributed by atoms with Gasteiger partial charge in [0, 0.05) is 12.6 Å². The molecule has 0 N–H and O–H groups in total. The molecule has 0 saturated heterocycles. The second-order valence-corrected chi connectivity index (χ2v) is 4.81. The Morgan fingerprint density at radius 1 is 1.05 bits per heavy atom. The first-order valence-electron chi connectivity index (χ1n) is 7.47. The number of alkyl halides is 3. The van der Waals surface area contributed by atoms with E-state index in [2.05, 4.69) is 4.99 Å². The van der Waals surface area contributed by atoms with E-state index in [0.29, 0.717) is 24.1 Å². The maximum absolute atomic E-state index is 12.7. The lowest BCUT2D eigenvalue weighted by atomic mass is 10.0. The van der Waals surface area contributed by atoms with Gasteiger partial charge in [-0.1, -0.05) is 32.4 Å². The summed E-state index contributed by atoms with van der Waals surface area (Å²) in [5, 5.41) is 0. The van der Waals surface area contributed by atoms with E-state index in [0.717, 1.165) is 25.1 Å². The molecule has 124 valence electrons. The predicted octanol–water partition coefficient (Wildman–Crippen LogP) is 5.57. The molecule has 0 radical (unpaired) electrons. The SMILES string of the molecule is C/C=C(\N=C\C(=C/C)C(F)(F)F)C(=C/C(=O)CCC)/CCC. The molecule has 0 aliphatic carbocycles. The van der Waals surface area contributed by atoms with E-state index < -0.39 is 11.7 Å². The van der Waals surface area contributed by atoms with Gasteiger partial charge in [0.05, 0.1) is 11.3 Å². The summed E-state index contributed by atoms with van der Waals surface area (Å²) in [6.45, 7) is 6.87. The molecule has 22 heavy (non-hydrogen) atoms. The molecule has 0 aliphatic rings. The van der Waals surface area contributed by atoms with Gasteiger partial charge in [-0.25, -0.2) is 0 Å². The van der Waals surface area contributed by atoms with E-state index in [4.69, 9.17) is 0 Å². The van der Waals surface area contributed by atoms with Crippen LogP contribution in [0.1, 0.15) is 53.4 Å². The zero-order valence-electron chi connectivity index (χ0n) is 13.6. The number of hydrogen-bond acceptors (Lipinski definition) is 2. The van der Waals surface area contributed by atoms with Crippen LogP contribution in [0.15, 0.2) is 40.1 Å². The number of halogens is 3. The summed E-state index contributed by atoms with van der Waals surface area (Å²) in [6, 6.07) is 0. The third-order valence-corrected chi connectivity index (χ3v) is 2.93. The van der Waals surface area contributed by atoms with Gasteiger partial charge in [-0.3, -0.25) is 9.79 Å². The predicted molar refractivity (Wildman–Crippen MR) is 85.0 cm³/mol. The van der Waals surface area contributed by atoms with Crippen LogP contribution in [0, 0.1) is 0 Å². The van der Waals surface area contributed by atoms with Crippen LogP contribution in [-0.2, 0) is 4.79 Å². The fraction of sp³-hybridized carbons (Fsp3) is 0.529. The largest absolute Gasteiger partial charge is 0.417 e. The van der Waals surface area contributed by atoms with Gasteiger partial charge in [-0.2, -0.15) is 13.2 Å². The molecule has 0 rings (SSSR count). The minimum atomic E-state index is -4.43. The van der Waals surface area contributed by atoms with Gasteiger partial charge >= 0.3 is 6.18 Å². The number of carbonyl (C=O) groups is 1. The molecule has 0 spiro atoms. The minimum absolute atomic E-state index is 0.0254. The van der Waals surface area contributed by atoms with Crippen LogP contribution >= 0.6 is 0 Å². The second-order valence-electron chi connectivity index (χ2n) is 4.81. The average molecular weight is 315 g/mol. The zero-order chi connectivity index (χ0) is 17.2. The highest BCUT2D eigenvalue weighted by Gasteiger charge is 2.31. The number of hydrogen-bond donors (Lipinski definition) is 0. The summed E-state index contributed by atoms with van der Waals surface area (Å²) in [4.78, 5) is 15.7. The summed E-state index contributed by atoms with van der Waals surface area (Å²) in [5.41, 5.74) is 0.287. The Labute approximate surface area is 130 Å². The highest BCUT2D eigenvalue weighted by molar-refractivity contribution is 5.91. The lowest BCUT2D eigenvalue weighted by molar-refractivity contribution is -0.114. The van der Waals surface area contributed by atoms with Crippen LogP contribution in [0.25, 0.3) is 0 Å². The van der Waals surface area contributed by atoms with Gasteiger partial charge in [0.25, 0.3) is 0 Å². The van der Waals surface area contributed by atoms with Crippen molar-refractivity contribution < 1.29 is 18.0 Å². The van der Waals surface area contributed by atoms with Crippen LogP contribution < -0.4 is 0 Å². The van der Waals surface area contributed by atoms with E-state index in [1.807, 2.05) is 13.8 Å². The van der Waals surface area contributed by atoms with Crippen molar-refractivity contribution in [3.63, 3.8) is 0 Å². The third-order valence-electron chi connectivity index (χ3n) is 2.93. The number of carbonyl (C=O) groups excluding carboxylic acids is 1. The van der Waals surface area contributed by atoms with Crippen molar-refractivity contribution in [2.45, 2.75) is 59.6 Å². The van der Waals surface area contributed by atoms with Crippen molar-refractivity contribution in [3.05, 3.63) is 35.1 Å². The molecule has 2 nitrogen and oxygen atoms in total. The fourth-order valence-corrected chi connectivity index (χ4v) is 1.85. The van der Waals surface area contributed by atoms with Crippen molar-refractivity contribution in [3.8, 4) is 0 Å². The Balaban J connectivity index is 5.40. The van der Waals surface area contributed by atoms with Crippen LogP contribution in [-0.4, -0.2) is 18.2 Å². The topological polar surface area (TPSA) is 29.4 Å². The van der Waals surface area contributed by atoms with E-state index in [1.54, 1.807) is 13.0 Å². The highest BCUT2D eigenvalue weighted by atomic mass is 19.4. The second kappa shape index (κ2) is 10.1. The molecule has 0 aromatic carbocycles. The molecule has 0 bridgehead atoms. The van der Waals surface area contributed by atoms with Crippen molar-refractivity contribution in [2.75, 3.05) is 0 Å². The smallest absolute Gasteiger partial charge is 0.295 e. The van der Waals surface area contributed by atoms with E-state index in [1.165, 1.54) is 13.0 Å². The summed E-state index contributed by atoms with van der Waals surface area (Å²) in [7, 11) is 0. The molecule has 0 atom stereocenters. The Bertz CT molecular complexity index is 483. The molecule has 0 aromatic heterocycles. The summed E-state index contributed by atoms with van der Waals surface area (Å²) in [6.07, 6.45) is 3.03. The zero-order valence-corrected chi connectivity index (χ0v) is 13.6. The number of aliphatic imine (C=N–C) groups is 1. The van der Waals surface area contributed by atoms with Gasteiger partial charge in [-0.05, 0) is 38.3 Å². The first-order chi connectivity index (χ1) is 10.3. The molecular formula is C17H24F3NO. The van der Waals surface area contributed by atoms with Gasteiger partial charge < -0.3 is 0 Å². The van der Waals surface area contributed by atoms with Crippen molar-refractivity contribution in [2.24, 2.45) is 4.99 Å². The normalized spacial score (nSPS) is 14.8. The molecule has 0 fully saturated rings. The van der Waals surface area contributed by atoms with E-state index in [-0.39, 0.29) is 5.78 Å². The maximum Gasteiger partial charge on any atom is 0.417 e. The molecule has 0 aliphatic heterocycles. The molecule has 0 unspecified atom stereocenters. The van der Waals surface area contributed by atoms with Crippen LogP contribution in [0.4, 0.5) is 13.2 Å². The molecule has 0 saturated carbocycles. The number of rotatable bonds is 8. The highest BCUT2D eigenvalue weighted by Crippen LogP contribution is 2.25. The number of ketones is 1. The Morgan fingerprint density at radius 3 is 2.05 bits per heavy atom. The van der Waals surface area contributed by atoms with Crippen molar-refractivity contribution >= 4 is 12.0 Å². The molecule has 5 heteroatoms. The van der Waals surface area contributed by atoms with Crippen LogP contribution in [0.5, 0.6) is 0 Å². The Hall–Kier alpha value is -1.65. The molecule has 0 aromatic rings. The quantitative estimate of drug-likeness (QED) is 0.327.